The summed E-state index contributed by atoms with van der Waals surface area (Å²) < 4.78 is 1.71. The fraction of sp³-hybridized carbons (Fsp3) is 0.0667. The van der Waals surface area contributed by atoms with Crippen molar-refractivity contribution in [2.24, 2.45) is 7.05 Å². The summed E-state index contributed by atoms with van der Waals surface area (Å²) in [6.07, 6.45) is 3.65. The first-order valence-electron chi connectivity index (χ1n) is 5.98. The third kappa shape index (κ3) is 3.07. The molecule has 0 aliphatic carbocycles. The van der Waals surface area contributed by atoms with Gasteiger partial charge in [-0.15, -0.1) is 0 Å². The number of nitrogens with one attached hydrogen (secondary N) is 1. The van der Waals surface area contributed by atoms with Gasteiger partial charge in [0, 0.05) is 24.5 Å². The lowest BCUT2D eigenvalue weighted by atomic mass is 10.1. The van der Waals surface area contributed by atoms with Crippen molar-refractivity contribution in [3.05, 3.63) is 47.9 Å². The van der Waals surface area contributed by atoms with Gasteiger partial charge in [0.2, 0.25) is 0 Å². The lowest BCUT2D eigenvalue weighted by Crippen LogP contribution is -2.00. The number of nitrogens with zero attached hydrogens (tertiary/aromatic N) is 5. The van der Waals surface area contributed by atoms with Gasteiger partial charge < -0.3 is 5.32 Å². The number of aromatic nitrogens is 2. The minimum atomic E-state index is -0.242. The molecule has 6 heteroatoms. The molecule has 0 spiro atoms. The van der Waals surface area contributed by atoms with Crippen molar-refractivity contribution in [1.29, 1.82) is 15.8 Å². The maximum absolute atomic E-state index is 8.97. The summed E-state index contributed by atoms with van der Waals surface area (Å²) >= 11 is 0. The van der Waals surface area contributed by atoms with E-state index >= 15 is 0 Å². The van der Waals surface area contributed by atoms with Crippen LogP contribution in [0.4, 0.5) is 5.69 Å². The van der Waals surface area contributed by atoms with Gasteiger partial charge in [0.25, 0.3) is 0 Å². The Morgan fingerprint density at radius 3 is 2.19 bits per heavy atom. The maximum Gasteiger partial charge on any atom is 0.163 e. The highest BCUT2D eigenvalue weighted by molar-refractivity contribution is 5.66. The summed E-state index contributed by atoms with van der Waals surface area (Å²) in [5.41, 5.74) is 2.29. The van der Waals surface area contributed by atoms with E-state index in [1.54, 1.807) is 35.1 Å². The summed E-state index contributed by atoms with van der Waals surface area (Å²) in [7, 11) is 1.84. The molecule has 0 aliphatic heterocycles. The molecule has 0 unspecified atom stereocenters. The molecule has 0 aliphatic rings. The van der Waals surface area contributed by atoms with E-state index in [-0.39, 0.29) is 11.3 Å². The minimum Gasteiger partial charge on any atom is -0.345 e. The van der Waals surface area contributed by atoms with E-state index in [1.807, 2.05) is 31.4 Å². The first-order valence-corrected chi connectivity index (χ1v) is 5.98. The molecule has 0 saturated heterocycles. The maximum atomic E-state index is 8.97. The molecule has 1 N–H and O–H groups in total. The van der Waals surface area contributed by atoms with Gasteiger partial charge in [-0.25, -0.2) is 0 Å². The molecule has 0 radical (unpaired) electrons. The van der Waals surface area contributed by atoms with E-state index in [4.69, 9.17) is 15.8 Å². The summed E-state index contributed by atoms with van der Waals surface area (Å²) in [5.74, 6) is 0. The normalized spacial score (nSPS) is 9.05. The van der Waals surface area contributed by atoms with Crippen molar-refractivity contribution < 1.29 is 0 Å². The zero-order valence-electron chi connectivity index (χ0n) is 11.2. The van der Waals surface area contributed by atoms with Crippen LogP contribution in [0, 0.1) is 34.0 Å². The molecule has 2 aromatic rings. The number of aryl methyl sites for hydroxylation is 1. The average Bonchev–Trinajstić information content (AvgIpc) is 2.94. The number of nitriles is 3. The monoisotopic (exact) mass is 274 g/mol. The van der Waals surface area contributed by atoms with Crippen molar-refractivity contribution in [1.82, 2.24) is 9.78 Å². The fourth-order valence-electron chi connectivity index (χ4n) is 1.74. The Morgan fingerprint density at radius 2 is 1.71 bits per heavy atom. The Kier molecular flexibility index (Phi) is 4.00. The summed E-state index contributed by atoms with van der Waals surface area (Å²) in [5, 5.41) is 33.4. The summed E-state index contributed by atoms with van der Waals surface area (Å²) in [6, 6.07) is 12.5. The molecule has 21 heavy (non-hydrogen) atoms. The van der Waals surface area contributed by atoms with E-state index < -0.39 is 0 Å². The third-order valence-corrected chi connectivity index (χ3v) is 2.78. The van der Waals surface area contributed by atoms with E-state index in [1.165, 1.54) is 0 Å². The predicted molar refractivity (Wildman–Crippen MR) is 76.1 cm³/mol. The predicted octanol–water partition coefficient (Wildman–Crippen LogP) is 2.32. The van der Waals surface area contributed by atoms with Crippen LogP contribution in [0.5, 0.6) is 0 Å². The molecular weight excluding hydrogens is 264 g/mol. The van der Waals surface area contributed by atoms with Crippen LogP contribution in [0.2, 0.25) is 0 Å². The van der Waals surface area contributed by atoms with Crippen LogP contribution in [0.25, 0.3) is 11.1 Å². The Bertz CT molecular complexity index is 790. The van der Waals surface area contributed by atoms with Crippen LogP contribution in [0.3, 0.4) is 0 Å². The van der Waals surface area contributed by atoms with Crippen LogP contribution < -0.4 is 5.32 Å². The zero-order chi connectivity index (χ0) is 15.2. The molecule has 1 aromatic heterocycles. The van der Waals surface area contributed by atoms with Crippen molar-refractivity contribution in [2.45, 2.75) is 0 Å². The van der Waals surface area contributed by atoms with Crippen molar-refractivity contribution in [3.63, 3.8) is 0 Å². The van der Waals surface area contributed by atoms with Crippen molar-refractivity contribution in [3.8, 4) is 29.3 Å². The molecule has 2 rings (SSSR count). The highest BCUT2D eigenvalue weighted by atomic mass is 15.2. The molecular formula is C15H10N6. The van der Waals surface area contributed by atoms with Crippen LogP contribution >= 0.6 is 0 Å². The van der Waals surface area contributed by atoms with Gasteiger partial charge in [0.05, 0.1) is 6.20 Å². The van der Waals surface area contributed by atoms with E-state index in [0.29, 0.717) is 5.69 Å². The SMILES string of the molecule is Cn1cc(-c2ccc(NC(C#N)=C(C#N)C#N)cc2)cn1. The number of anilines is 1. The smallest absolute Gasteiger partial charge is 0.163 e. The first-order chi connectivity index (χ1) is 10.2. The Balaban J connectivity index is 2.25. The van der Waals surface area contributed by atoms with Gasteiger partial charge in [0.1, 0.15) is 23.9 Å². The van der Waals surface area contributed by atoms with Gasteiger partial charge in [-0.05, 0) is 17.7 Å². The number of hydrogen-bond acceptors (Lipinski definition) is 5. The van der Waals surface area contributed by atoms with Crippen LogP contribution in [-0.2, 0) is 7.05 Å². The standard InChI is InChI=1S/C15H10N6/c1-21-10-13(9-19-21)11-2-4-14(5-3-11)20-15(8-18)12(6-16)7-17/h2-5,9-10,20H,1H3. The first kappa shape index (κ1) is 13.9. The number of benzene rings is 1. The van der Waals surface area contributed by atoms with Crippen LogP contribution in [0.15, 0.2) is 47.9 Å². The van der Waals surface area contributed by atoms with E-state index in [2.05, 4.69) is 10.4 Å². The molecule has 1 aromatic carbocycles. The number of rotatable bonds is 3. The summed E-state index contributed by atoms with van der Waals surface area (Å²) in [6.45, 7) is 0. The average molecular weight is 274 g/mol. The van der Waals surface area contributed by atoms with Crippen LogP contribution in [-0.4, -0.2) is 9.78 Å². The quantitative estimate of drug-likeness (QED) is 0.865. The molecule has 0 atom stereocenters. The molecule has 0 amide bonds. The molecule has 0 saturated carbocycles. The van der Waals surface area contributed by atoms with Crippen LogP contribution in [0.1, 0.15) is 0 Å². The highest BCUT2D eigenvalue weighted by Crippen LogP contribution is 2.21. The Hall–Kier alpha value is -3.56. The van der Waals surface area contributed by atoms with Gasteiger partial charge in [0.15, 0.2) is 5.57 Å². The molecule has 100 valence electrons. The zero-order valence-corrected chi connectivity index (χ0v) is 11.2. The Labute approximate surface area is 121 Å². The molecule has 0 fully saturated rings. The Morgan fingerprint density at radius 1 is 1.05 bits per heavy atom. The number of allylic oxidation sites excluding steroid dienone is 2. The molecule has 1 heterocycles. The van der Waals surface area contributed by atoms with Gasteiger partial charge in [-0.3, -0.25) is 4.68 Å². The summed E-state index contributed by atoms with van der Waals surface area (Å²) in [4.78, 5) is 0. The second-order valence-electron chi connectivity index (χ2n) is 4.19. The van der Waals surface area contributed by atoms with Crippen molar-refractivity contribution in [2.75, 3.05) is 5.32 Å². The minimum absolute atomic E-state index is 0.0610. The third-order valence-electron chi connectivity index (χ3n) is 2.78. The van der Waals surface area contributed by atoms with Gasteiger partial charge in [-0.2, -0.15) is 20.9 Å². The van der Waals surface area contributed by atoms with Gasteiger partial charge >= 0.3 is 0 Å². The second-order valence-corrected chi connectivity index (χ2v) is 4.19. The highest BCUT2D eigenvalue weighted by Gasteiger charge is 2.06. The van der Waals surface area contributed by atoms with Crippen molar-refractivity contribution >= 4 is 5.69 Å². The second kappa shape index (κ2) is 6.06. The largest absolute Gasteiger partial charge is 0.345 e. The van der Waals surface area contributed by atoms with E-state index in [0.717, 1.165) is 11.1 Å². The molecule has 6 nitrogen and oxygen atoms in total. The number of hydrogen-bond donors (Lipinski definition) is 1. The van der Waals surface area contributed by atoms with Gasteiger partial charge in [-0.1, -0.05) is 12.1 Å². The molecule has 0 bridgehead atoms. The topological polar surface area (TPSA) is 101 Å². The fourth-order valence-corrected chi connectivity index (χ4v) is 1.74. The van der Waals surface area contributed by atoms with E-state index in [9.17, 15) is 0 Å². The lowest BCUT2D eigenvalue weighted by molar-refractivity contribution is 0.768. The lowest BCUT2D eigenvalue weighted by Gasteiger charge is -2.05.